The molecule has 5 atom stereocenters. The highest BCUT2D eigenvalue weighted by atomic mass is 32.8. The average molecular weight is 1310 g/mol. The minimum atomic E-state index is -4.93. The molecule has 2 aliphatic carbocycles. The van der Waals surface area contributed by atoms with Gasteiger partial charge in [0.2, 0.25) is 39.5 Å². The molecule has 18 heteroatoms. The topological polar surface area (TPSA) is 172 Å². The standard InChI is InChI=1S/C72H70N4O8P2S4/c1-49-31-39-57(40-32-49)87(77,78)74-67-29-17-18-30-68(67)75(88(79,80)58-41-33-50(2)34-42-58)85(74)71-63(53-19-7-5-8-20-53)47-55-23-11-13-25-61(55)69(71)70-62-26-14-12-24-56(62)48-64(54-21-9-6-10-22-54)72(70)86(90(83,84)60-45-37-52(4)38-46-60)76(66-28-16-15-27-65(66)73)89(81,82)59-43-35-51(3)36-44-59/h5-14,19-26,31-48,65-68H,15-18,27-30,73H2,1-4H3/t65-,66-,67-,68-,86?/m0/s1. The van der Waals surface area contributed by atoms with Gasteiger partial charge in [0.25, 0.3) is 0 Å². The van der Waals surface area contributed by atoms with Crippen LogP contribution < -0.4 is 16.3 Å². The van der Waals surface area contributed by atoms with Gasteiger partial charge in [-0.05, 0) is 158 Å². The number of aryl methyl sites for hydroxylation is 4. The molecule has 0 radical (unpaired) electrons. The van der Waals surface area contributed by atoms with Gasteiger partial charge in [-0.25, -0.2) is 33.7 Å². The van der Waals surface area contributed by atoms with Gasteiger partial charge in [0.1, 0.15) is 15.5 Å². The minimum Gasteiger partial charge on any atom is -0.326 e. The summed E-state index contributed by atoms with van der Waals surface area (Å²) < 4.78 is 139. The Hall–Kier alpha value is -6.78. The molecule has 2 N–H and O–H groups in total. The second-order valence-corrected chi connectivity index (χ2v) is 37.5. The predicted molar refractivity (Wildman–Crippen MR) is 366 cm³/mol. The van der Waals surface area contributed by atoms with Gasteiger partial charge in [0.15, 0.2) is 0 Å². The lowest BCUT2D eigenvalue weighted by molar-refractivity contribution is 0.278. The van der Waals surface area contributed by atoms with E-state index < -0.39 is 79.2 Å². The number of fused-ring (bicyclic) bond motifs is 3. The van der Waals surface area contributed by atoms with Crippen molar-refractivity contribution in [3.63, 3.8) is 0 Å². The van der Waals surface area contributed by atoms with Crippen LogP contribution in [0.2, 0.25) is 0 Å². The number of hydrogen-bond donors (Lipinski definition) is 1. The molecule has 1 unspecified atom stereocenters. The average Bonchev–Trinajstić information content (AvgIpc) is 1.29. The second kappa shape index (κ2) is 24.7. The van der Waals surface area contributed by atoms with E-state index in [2.05, 4.69) is 0 Å². The smallest absolute Gasteiger partial charge is 0.248 e. The molecule has 1 aliphatic heterocycles. The fourth-order valence-electron chi connectivity index (χ4n) is 13.4. The lowest BCUT2D eigenvalue weighted by Crippen LogP contribution is -2.51. The molecule has 460 valence electrons. The SMILES string of the molecule is Cc1ccc(S(=O)(=O)N2[C@H]3CCCC[C@@H]3N(S(=O)(=O)c3ccc(C)cc3)P2c2c(-c3ccccc3)cc3ccccc3c2-c2c(P(N([C@H]3CCCC[C@@H]3N)S(=O)(=O)c3ccc(C)cc3)S(=O)(=O)c3ccc(C)cc3)c(-c3ccccc3)cc3ccccc23)cc1. The molecule has 10 aromatic rings. The molecule has 0 spiro atoms. The fourth-order valence-corrected chi connectivity index (χ4v) is 32.0. The molecule has 12 nitrogen and oxygen atoms in total. The van der Waals surface area contributed by atoms with Crippen LogP contribution in [0.25, 0.3) is 54.9 Å². The Bertz CT molecular complexity index is 4750. The van der Waals surface area contributed by atoms with Crippen molar-refractivity contribution >= 4 is 87.2 Å². The minimum absolute atomic E-state index is 0.00573. The third-order valence-electron chi connectivity index (χ3n) is 18.0. The molecule has 0 bridgehead atoms. The maximum absolute atomic E-state index is 17.4. The van der Waals surface area contributed by atoms with Gasteiger partial charge >= 0.3 is 0 Å². The van der Waals surface area contributed by atoms with E-state index in [4.69, 9.17) is 5.73 Å². The zero-order valence-corrected chi connectivity index (χ0v) is 55.5. The Morgan fingerprint density at radius 2 is 0.822 bits per heavy atom. The number of nitrogens with zero attached hydrogens (tertiary/aromatic N) is 3. The van der Waals surface area contributed by atoms with Crippen LogP contribution >= 0.6 is 15.5 Å². The van der Waals surface area contributed by atoms with E-state index in [0.717, 1.165) is 22.3 Å². The van der Waals surface area contributed by atoms with Crippen molar-refractivity contribution in [1.29, 1.82) is 0 Å². The summed E-state index contributed by atoms with van der Waals surface area (Å²) in [7, 11) is -25.3. The first-order valence-electron chi connectivity index (χ1n) is 30.5. The highest BCUT2D eigenvalue weighted by molar-refractivity contribution is 8.53. The van der Waals surface area contributed by atoms with Crippen LogP contribution in [-0.4, -0.2) is 70.1 Å². The van der Waals surface area contributed by atoms with E-state index in [1.54, 1.807) is 84.9 Å². The fraction of sp³-hybridized carbons (Fsp3) is 0.222. The van der Waals surface area contributed by atoms with Crippen molar-refractivity contribution in [2.45, 2.75) is 123 Å². The molecule has 0 amide bonds. The van der Waals surface area contributed by atoms with Crippen molar-refractivity contribution in [2.24, 2.45) is 5.73 Å². The summed E-state index contributed by atoms with van der Waals surface area (Å²) in [5.41, 5.74) is 13.4. The molecular formula is C72H70N4O8P2S4. The maximum Gasteiger partial charge on any atom is 0.248 e. The molecule has 10 aromatic carbocycles. The van der Waals surface area contributed by atoms with Gasteiger partial charge in [0, 0.05) is 45.9 Å². The molecule has 13 rings (SSSR count). The number of nitrogens with two attached hydrogens (primary N) is 1. The van der Waals surface area contributed by atoms with E-state index in [9.17, 15) is 0 Å². The highest BCUT2D eigenvalue weighted by Crippen LogP contribution is 2.65. The third-order valence-corrected chi connectivity index (χ3v) is 34.6. The maximum atomic E-state index is 17.4. The zero-order chi connectivity index (χ0) is 62.9. The van der Waals surface area contributed by atoms with Crippen LogP contribution in [0, 0.1) is 27.7 Å². The van der Waals surface area contributed by atoms with Crippen molar-refractivity contribution in [2.75, 3.05) is 0 Å². The van der Waals surface area contributed by atoms with Gasteiger partial charge in [-0.1, -0.05) is 206 Å². The Kier molecular flexibility index (Phi) is 17.0. The first-order chi connectivity index (χ1) is 43.3. The van der Waals surface area contributed by atoms with Crippen molar-refractivity contribution in [3.05, 3.63) is 241 Å². The Morgan fingerprint density at radius 1 is 0.433 bits per heavy atom. The molecule has 90 heavy (non-hydrogen) atoms. The molecule has 0 aromatic heterocycles. The quantitative estimate of drug-likeness (QED) is 0.0981. The second-order valence-electron chi connectivity index (χ2n) is 24.0. The summed E-state index contributed by atoms with van der Waals surface area (Å²) in [6.07, 6.45) is 3.90. The molecule has 1 saturated heterocycles. The molecular weight excluding hydrogens is 1240 g/mol. The van der Waals surface area contributed by atoms with Crippen LogP contribution in [-0.2, 0) is 39.5 Å². The van der Waals surface area contributed by atoms with Gasteiger partial charge in [0.05, 0.1) is 19.6 Å². The monoisotopic (exact) mass is 1310 g/mol. The molecule has 3 fully saturated rings. The zero-order valence-electron chi connectivity index (χ0n) is 50.5. The van der Waals surface area contributed by atoms with Crippen LogP contribution in [0.1, 0.15) is 73.6 Å². The van der Waals surface area contributed by atoms with Gasteiger partial charge in [-0.15, -0.1) is 0 Å². The summed E-state index contributed by atoms with van der Waals surface area (Å²) in [6, 6.07) is 61.0. The van der Waals surface area contributed by atoms with E-state index in [-0.39, 0.29) is 31.3 Å². The van der Waals surface area contributed by atoms with Crippen molar-refractivity contribution in [1.82, 2.24) is 12.2 Å². The lowest BCUT2D eigenvalue weighted by atomic mass is 9.88. The van der Waals surface area contributed by atoms with E-state index in [1.165, 1.54) is 24.4 Å². The first kappa shape index (κ1) is 62.0. The Balaban J connectivity index is 1.29. The number of rotatable bonds is 15. The Labute approximate surface area is 531 Å². The van der Waals surface area contributed by atoms with Gasteiger partial charge in [-0.3, -0.25) is 0 Å². The largest absolute Gasteiger partial charge is 0.326 e. The predicted octanol–water partition coefficient (Wildman–Crippen LogP) is 15.2. The van der Waals surface area contributed by atoms with Gasteiger partial charge < -0.3 is 5.73 Å². The number of benzene rings is 10. The first-order valence-corrected chi connectivity index (χ1v) is 39.5. The number of sulfonamides is 3. The van der Waals surface area contributed by atoms with Crippen LogP contribution in [0.4, 0.5) is 0 Å². The molecule has 1 heterocycles. The van der Waals surface area contributed by atoms with Crippen LogP contribution in [0.5, 0.6) is 0 Å². The normalized spacial score (nSPS) is 19.3. The molecule has 3 aliphatic rings. The summed E-state index contributed by atoms with van der Waals surface area (Å²) in [6.45, 7) is 7.49. The third kappa shape index (κ3) is 11.1. The van der Waals surface area contributed by atoms with Crippen molar-refractivity contribution < 1.29 is 33.7 Å². The van der Waals surface area contributed by atoms with E-state index in [1.807, 2.05) is 149 Å². The molecule has 2 saturated carbocycles. The summed E-state index contributed by atoms with van der Waals surface area (Å²) in [5.74, 6) is 0. The van der Waals surface area contributed by atoms with Gasteiger partial charge in [-0.2, -0.15) is 12.2 Å². The van der Waals surface area contributed by atoms with Crippen LogP contribution in [0.3, 0.4) is 0 Å². The highest BCUT2D eigenvalue weighted by Gasteiger charge is 2.60. The number of hydrogen-bond acceptors (Lipinski definition) is 9. The summed E-state index contributed by atoms with van der Waals surface area (Å²) in [4.78, 5) is -0.226. The van der Waals surface area contributed by atoms with E-state index >= 15 is 33.7 Å². The lowest BCUT2D eigenvalue weighted by Gasteiger charge is -2.42. The summed E-state index contributed by atoms with van der Waals surface area (Å²) in [5, 5.41) is 2.95. The van der Waals surface area contributed by atoms with Crippen LogP contribution in [0.15, 0.2) is 238 Å². The Morgan fingerprint density at radius 3 is 1.30 bits per heavy atom. The van der Waals surface area contributed by atoms with E-state index in [0.29, 0.717) is 105 Å². The summed E-state index contributed by atoms with van der Waals surface area (Å²) >= 11 is 0. The van der Waals surface area contributed by atoms with Crippen molar-refractivity contribution in [3.8, 4) is 33.4 Å².